The van der Waals surface area contributed by atoms with Crippen LogP contribution in [0, 0.1) is 0 Å². The van der Waals surface area contributed by atoms with Crippen molar-refractivity contribution in [3.63, 3.8) is 0 Å². The minimum atomic E-state index is -0.0342. The van der Waals surface area contributed by atoms with Crippen molar-refractivity contribution in [1.29, 1.82) is 0 Å². The van der Waals surface area contributed by atoms with E-state index in [4.69, 9.17) is 0 Å². The summed E-state index contributed by atoms with van der Waals surface area (Å²) in [5.41, 5.74) is 0. The van der Waals surface area contributed by atoms with Crippen LogP contribution in [0.4, 0.5) is 4.79 Å². The zero-order valence-electron chi connectivity index (χ0n) is 7.82. The van der Waals surface area contributed by atoms with Crippen LogP contribution in [0.15, 0.2) is 0 Å². The van der Waals surface area contributed by atoms with Crippen molar-refractivity contribution in [3.8, 4) is 0 Å². The molecule has 74 valence electrons. The summed E-state index contributed by atoms with van der Waals surface area (Å²) in [6.07, 6.45) is 0.828. The van der Waals surface area contributed by atoms with E-state index in [1.807, 2.05) is 6.92 Å². The molecule has 0 aromatic carbocycles. The van der Waals surface area contributed by atoms with Gasteiger partial charge >= 0.3 is 6.03 Å². The van der Waals surface area contributed by atoms with Gasteiger partial charge in [-0.2, -0.15) is 0 Å². The first-order valence-corrected chi connectivity index (χ1v) is 4.50. The first kappa shape index (κ1) is 9.83. The Hall–Kier alpha value is -1.26. The first-order chi connectivity index (χ1) is 6.27. The fourth-order valence-corrected chi connectivity index (χ4v) is 1.29. The predicted octanol–water partition coefficient (Wildman–Crippen LogP) is -0.510. The van der Waals surface area contributed by atoms with E-state index in [1.54, 1.807) is 9.80 Å². The Balaban J connectivity index is 2.31. The average molecular weight is 185 g/mol. The third-order valence-electron chi connectivity index (χ3n) is 2.08. The number of rotatable bonds is 2. The lowest BCUT2D eigenvalue weighted by atomic mass is 10.3. The summed E-state index contributed by atoms with van der Waals surface area (Å²) < 4.78 is 0. The van der Waals surface area contributed by atoms with Crippen LogP contribution in [-0.4, -0.2) is 55.0 Å². The van der Waals surface area contributed by atoms with Crippen LogP contribution >= 0.6 is 0 Å². The number of hydrogen-bond acceptors (Lipinski definition) is 2. The summed E-state index contributed by atoms with van der Waals surface area (Å²) in [6, 6.07) is -0.0342. The molecule has 1 aliphatic rings. The third-order valence-corrected chi connectivity index (χ3v) is 2.08. The number of piperazine rings is 1. The highest BCUT2D eigenvalue weighted by Gasteiger charge is 2.18. The van der Waals surface area contributed by atoms with E-state index >= 15 is 0 Å². The van der Waals surface area contributed by atoms with Crippen molar-refractivity contribution in [2.45, 2.75) is 6.92 Å². The Morgan fingerprint density at radius 1 is 1.38 bits per heavy atom. The molecule has 0 unspecified atom stereocenters. The summed E-state index contributed by atoms with van der Waals surface area (Å²) in [6.45, 7) is 5.07. The van der Waals surface area contributed by atoms with Gasteiger partial charge in [0.25, 0.3) is 0 Å². The maximum Gasteiger partial charge on any atom is 0.317 e. The maximum absolute atomic E-state index is 11.3. The molecule has 1 rings (SSSR count). The van der Waals surface area contributed by atoms with Gasteiger partial charge in [0.2, 0.25) is 6.41 Å². The molecule has 0 aromatic heterocycles. The average Bonchev–Trinajstić information content (AvgIpc) is 2.18. The normalized spacial score (nSPS) is 17.0. The minimum absolute atomic E-state index is 0.0342. The zero-order chi connectivity index (χ0) is 9.68. The van der Waals surface area contributed by atoms with Crippen molar-refractivity contribution in [1.82, 2.24) is 15.1 Å². The van der Waals surface area contributed by atoms with E-state index in [9.17, 15) is 9.59 Å². The van der Waals surface area contributed by atoms with Crippen LogP contribution < -0.4 is 5.32 Å². The monoisotopic (exact) mass is 185 g/mol. The zero-order valence-corrected chi connectivity index (χ0v) is 7.82. The molecule has 5 heteroatoms. The third kappa shape index (κ3) is 2.61. The molecular formula is C8H15N3O2. The van der Waals surface area contributed by atoms with Gasteiger partial charge in [0.05, 0.1) is 0 Å². The molecule has 13 heavy (non-hydrogen) atoms. The number of urea groups is 1. The standard InChI is InChI=1S/C8H15N3O2/c1-2-9-8(13)11-5-3-10(7-12)4-6-11/h7H,2-6H2,1H3,(H,9,13). The van der Waals surface area contributed by atoms with Gasteiger partial charge in [0.15, 0.2) is 0 Å². The molecule has 0 atom stereocenters. The molecule has 3 amide bonds. The van der Waals surface area contributed by atoms with Crippen LogP contribution in [0.25, 0.3) is 0 Å². The van der Waals surface area contributed by atoms with Crippen LogP contribution in [0.5, 0.6) is 0 Å². The first-order valence-electron chi connectivity index (χ1n) is 4.50. The lowest BCUT2D eigenvalue weighted by Gasteiger charge is -2.32. The molecule has 5 nitrogen and oxygen atoms in total. The van der Waals surface area contributed by atoms with E-state index in [-0.39, 0.29) is 6.03 Å². The van der Waals surface area contributed by atoms with Crippen LogP contribution in [-0.2, 0) is 4.79 Å². The Labute approximate surface area is 77.7 Å². The Morgan fingerprint density at radius 2 is 2.00 bits per heavy atom. The van der Waals surface area contributed by atoms with Crippen molar-refractivity contribution in [3.05, 3.63) is 0 Å². The lowest BCUT2D eigenvalue weighted by molar-refractivity contribution is -0.119. The van der Waals surface area contributed by atoms with E-state index < -0.39 is 0 Å². The molecule has 0 aromatic rings. The molecule has 0 radical (unpaired) electrons. The van der Waals surface area contributed by atoms with Crippen LogP contribution in [0.3, 0.4) is 0 Å². The number of hydrogen-bond donors (Lipinski definition) is 1. The van der Waals surface area contributed by atoms with Gasteiger partial charge in [-0.1, -0.05) is 0 Å². The van der Waals surface area contributed by atoms with Crippen molar-refractivity contribution < 1.29 is 9.59 Å². The van der Waals surface area contributed by atoms with Crippen LogP contribution in [0.2, 0.25) is 0 Å². The van der Waals surface area contributed by atoms with Crippen molar-refractivity contribution in [2.24, 2.45) is 0 Å². The molecular weight excluding hydrogens is 170 g/mol. The second kappa shape index (κ2) is 4.69. The molecule has 0 aliphatic carbocycles. The van der Waals surface area contributed by atoms with E-state index in [0.717, 1.165) is 6.41 Å². The molecule has 1 aliphatic heterocycles. The molecule has 1 N–H and O–H groups in total. The highest BCUT2D eigenvalue weighted by Crippen LogP contribution is 1.98. The second-order valence-electron chi connectivity index (χ2n) is 2.96. The van der Waals surface area contributed by atoms with Gasteiger partial charge in [-0.3, -0.25) is 4.79 Å². The summed E-state index contributed by atoms with van der Waals surface area (Å²) in [7, 11) is 0. The molecule has 0 saturated carbocycles. The Bertz CT molecular complexity index is 188. The Kier molecular flexibility index (Phi) is 3.54. The molecule has 1 saturated heterocycles. The van der Waals surface area contributed by atoms with Crippen LogP contribution in [0.1, 0.15) is 6.92 Å². The summed E-state index contributed by atoms with van der Waals surface area (Å²) in [5, 5.41) is 2.73. The number of carbonyl (C=O) groups is 2. The molecule has 1 heterocycles. The highest BCUT2D eigenvalue weighted by atomic mass is 16.2. The van der Waals surface area contributed by atoms with E-state index in [2.05, 4.69) is 5.32 Å². The van der Waals surface area contributed by atoms with Gasteiger partial charge in [0, 0.05) is 32.7 Å². The SMILES string of the molecule is CCNC(=O)N1CCN(C=O)CC1. The van der Waals surface area contributed by atoms with Crippen molar-refractivity contribution in [2.75, 3.05) is 32.7 Å². The van der Waals surface area contributed by atoms with Gasteiger partial charge in [-0.15, -0.1) is 0 Å². The van der Waals surface area contributed by atoms with Gasteiger partial charge in [0.1, 0.15) is 0 Å². The minimum Gasteiger partial charge on any atom is -0.342 e. The number of nitrogens with zero attached hydrogens (tertiary/aromatic N) is 2. The number of nitrogens with one attached hydrogen (secondary N) is 1. The summed E-state index contributed by atoms with van der Waals surface area (Å²) in [5.74, 6) is 0. The van der Waals surface area contributed by atoms with Gasteiger partial charge < -0.3 is 15.1 Å². The van der Waals surface area contributed by atoms with E-state index in [1.165, 1.54) is 0 Å². The fraction of sp³-hybridized carbons (Fsp3) is 0.750. The molecule has 0 bridgehead atoms. The Morgan fingerprint density at radius 3 is 2.46 bits per heavy atom. The number of carbonyl (C=O) groups excluding carboxylic acids is 2. The lowest BCUT2D eigenvalue weighted by Crippen LogP contribution is -2.51. The predicted molar refractivity (Wildman–Crippen MR) is 48.3 cm³/mol. The molecule has 1 fully saturated rings. The van der Waals surface area contributed by atoms with Crippen molar-refractivity contribution >= 4 is 12.4 Å². The van der Waals surface area contributed by atoms with Gasteiger partial charge in [-0.25, -0.2) is 4.79 Å². The maximum atomic E-state index is 11.3. The summed E-state index contributed by atoms with van der Waals surface area (Å²) in [4.78, 5) is 25.1. The topological polar surface area (TPSA) is 52.7 Å². The summed E-state index contributed by atoms with van der Waals surface area (Å²) >= 11 is 0. The quantitative estimate of drug-likeness (QED) is 0.589. The highest BCUT2D eigenvalue weighted by molar-refractivity contribution is 5.74. The largest absolute Gasteiger partial charge is 0.342 e. The second-order valence-corrected chi connectivity index (χ2v) is 2.96. The number of amides is 3. The molecule has 0 spiro atoms. The van der Waals surface area contributed by atoms with E-state index in [0.29, 0.717) is 32.7 Å². The smallest absolute Gasteiger partial charge is 0.317 e. The fourth-order valence-electron chi connectivity index (χ4n) is 1.29. The van der Waals surface area contributed by atoms with Gasteiger partial charge in [-0.05, 0) is 6.92 Å².